The molecular weight excluding hydrogens is 671 g/mol. The maximum absolute atomic E-state index is 12.8. The van der Waals surface area contributed by atoms with Crippen molar-refractivity contribution < 1.29 is 24.2 Å². The van der Waals surface area contributed by atoms with Gasteiger partial charge in [0.2, 0.25) is 0 Å². The van der Waals surface area contributed by atoms with Gasteiger partial charge in [0, 0.05) is 19.4 Å². The van der Waals surface area contributed by atoms with E-state index < -0.39 is 0 Å². The van der Waals surface area contributed by atoms with Gasteiger partial charge in [-0.1, -0.05) is 182 Å². The van der Waals surface area contributed by atoms with Crippen LogP contribution in [0.25, 0.3) is 0 Å². The minimum Gasteiger partial charge on any atom is -0.465 e. The Labute approximate surface area is 337 Å². The van der Waals surface area contributed by atoms with Crippen LogP contribution in [0.5, 0.6) is 0 Å². The van der Waals surface area contributed by atoms with Gasteiger partial charge in [0.15, 0.2) is 0 Å². The van der Waals surface area contributed by atoms with Crippen LogP contribution in [0.15, 0.2) is 0 Å². The van der Waals surface area contributed by atoms with E-state index in [1.165, 1.54) is 128 Å². The zero-order chi connectivity index (χ0) is 39.8. The van der Waals surface area contributed by atoms with Gasteiger partial charge in [0.1, 0.15) is 6.10 Å². The molecular formula is C48H95NO5. The minimum absolute atomic E-state index is 0.0134. The van der Waals surface area contributed by atoms with Crippen LogP contribution >= 0.6 is 0 Å². The molecule has 1 N–H and O–H groups in total. The van der Waals surface area contributed by atoms with E-state index in [4.69, 9.17) is 9.47 Å². The Kier molecular flexibility index (Phi) is 39.2. The molecule has 0 aliphatic carbocycles. The van der Waals surface area contributed by atoms with Crippen LogP contribution < -0.4 is 0 Å². The van der Waals surface area contributed by atoms with E-state index in [2.05, 4.69) is 39.5 Å². The van der Waals surface area contributed by atoms with Gasteiger partial charge in [0.05, 0.1) is 13.2 Å². The Hall–Kier alpha value is -1.14. The molecule has 0 aromatic heterocycles. The maximum atomic E-state index is 12.8. The number of ether oxygens (including phenoxy) is 2. The lowest BCUT2D eigenvalue weighted by atomic mass is 9.88. The molecule has 0 unspecified atom stereocenters. The van der Waals surface area contributed by atoms with Crippen molar-refractivity contribution in [3.8, 4) is 0 Å². The quantitative estimate of drug-likeness (QED) is 0.0492. The highest BCUT2D eigenvalue weighted by molar-refractivity contribution is 5.69. The van der Waals surface area contributed by atoms with Crippen molar-refractivity contribution in [1.29, 1.82) is 0 Å². The molecule has 0 aliphatic heterocycles. The van der Waals surface area contributed by atoms with Gasteiger partial charge in [-0.15, -0.1) is 0 Å². The van der Waals surface area contributed by atoms with Crippen molar-refractivity contribution in [3.63, 3.8) is 0 Å². The number of hydrogen-bond acceptors (Lipinski definition) is 6. The van der Waals surface area contributed by atoms with Crippen LogP contribution in [0, 0.1) is 5.41 Å². The number of aliphatic hydroxyl groups excluding tert-OH is 1. The third kappa shape index (κ3) is 37.8. The number of carbonyl (C=O) groups excluding carboxylic acids is 2. The van der Waals surface area contributed by atoms with Crippen molar-refractivity contribution in [2.45, 2.75) is 259 Å². The number of nitrogens with zero attached hydrogens (tertiary/aromatic N) is 1. The lowest BCUT2D eigenvalue weighted by molar-refractivity contribution is -0.150. The molecule has 0 heterocycles. The highest BCUT2D eigenvalue weighted by Crippen LogP contribution is 2.25. The van der Waals surface area contributed by atoms with Gasteiger partial charge in [-0.05, 0) is 76.3 Å². The van der Waals surface area contributed by atoms with E-state index in [1.54, 1.807) is 0 Å². The van der Waals surface area contributed by atoms with Gasteiger partial charge >= 0.3 is 11.9 Å². The van der Waals surface area contributed by atoms with Crippen LogP contribution in [-0.4, -0.2) is 60.9 Å². The van der Waals surface area contributed by atoms with Crippen LogP contribution in [0.2, 0.25) is 0 Å². The SMILES string of the molecule is CCCCCCCCCC(=O)OCC(C)(C)CCCCCN(CCO)CCCCCCCC(=O)OC(CCCCCCCCC)CCCCCCCCC. The van der Waals surface area contributed by atoms with Crippen LogP contribution in [0.4, 0.5) is 0 Å². The largest absolute Gasteiger partial charge is 0.465 e. The first-order chi connectivity index (χ1) is 26.3. The van der Waals surface area contributed by atoms with Gasteiger partial charge in [0.25, 0.3) is 0 Å². The topological polar surface area (TPSA) is 76.1 Å². The van der Waals surface area contributed by atoms with E-state index in [0.29, 0.717) is 19.4 Å². The average Bonchev–Trinajstić information content (AvgIpc) is 3.15. The molecule has 6 heteroatoms. The smallest absolute Gasteiger partial charge is 0.306 e. The fourth-order valence-corrected chi connectivity index (χ4v) is 7.54. The second kappa shape index (κ2) is 40.1. The normalized spacial score (nSPS) is 11.9. The second-order valence-corrected chi connectivity index (χ2v) is 17.5. The summed E-state index contributed by atoms with van der Waals surface area (Å²) in [5.41, 5.74) is 0.0134. The zero-order valence-electron chi connectivity index (χ0n) is 37.2. The molecule has 0 aliphatic rings. The van der Waals surface area contributed by atoms with E-state index in [0.717, 1.165) is 96.7 Å². The van der Waals surface area contributed by atoms with Gasteiger partial charge in [-0.2, -0.15) is 0 Å². The maximum Gasteiger partial charge on any atom is 0.306 e. The predicted molar refractivity (Wildman–Crippen MR) is 232 cm³/mol. The Bertz CT molecular complexity index is 784. The molecule has 0 aromatic carbocycles. The highest BCUT2D eigenvalue weighted by atomic mass is 16.5. The molecule has 0 rings (SSSR count). The molecule has 6 nitrogen and oxygen atoms in total. The van der Waals surface area contributed by atoms with Crippen molar-refractivity contribution in [2.24, 2.45) is 5.41 Å². The third-order valence-corrected chi connectivity index (χ3v) is 11.3. The number of unbranched alkanes of at least 4 members (excludes halogenated alkanes) is 24. The molecule has 322 valence electrons. The summed E-state index contributed by atoms with van der Waals surface area (Å²) in [6.07, 6.45) is 40.0. The monoisotopic (exact) mass is 766 g/mol. The fraction of sp³-hybridized carbons (Fsp3) is 0.958. The highest BCUT2D eigenvalue weighted by Gasteiger charge is 2.20. The number of esters is 2. The Balaban J connectivity index is 4.14. The first-order valence-corrected chi connectivity index (χ1v) is 24.0. The number of rotatable bonds is 43. The first-order valence-electron chi connectivity index (χ1n) is 24.0. The molecule has 0 radical (unpaired) electrons. The Morgan fingerprint density at radius 3 is 1.35 bits per heavy atom. The van der Waals surface area contributed by atoms with Gasteiger partial charge in [-0.25, -0.2) is 0 Å². The molecule has 0 amide bonds. The molecule has 0 saturated carbocycles. The summed E-state index contributed by atoms with van der Waals surface area (Å²) in [6.45, 7) is 14.7. The van der Waals surface area contributed by atoms with E-state index in [1.807, 2.05) is 0 Å². The Morgan fingerprint density at radius 2 is 0.889 bits per heavy atom. The summed E-state index contributed by atoms with van der Waals surface area (Å²) >= 11 is 0. The van der Waals surface area contributed by atoms with E-state index in [9.17, 15) is 14.7 Å². The number of aliphatic hydroxyl groups is 1. The summed E-state index contributed by atoms with van der Waals surface area (Å²) in [4.78, 5) is 27.4. The molecule has 54 heavy (non-hydrogen) atoms. The van der Waals surface area contributed by atoms with Crippen molar-refractivity contribution in [2.75, 3.05) is 32.8 Å². The summed E-state index contributed by atoms with van der Waals surface area (Å²) in [5.74, 6) is -0.0196. The van der Waals surface area contributed by atoms with Gasteiger partial charge in [-0.3, -0.25) is 9.59 Å². The van der Waals surface area contributed by atoms with E-state index >= 15 is 0 Å². The number of carbonyl (C=O) groups is 2. The molecule has 0 fully saturated rings. The van der Waals surface area contributed by atoms with E-state index in [-0.39, 0.29) is 30.1 Å². The Morgan fingerprint density at radius 1 is 0.500 bits per heavy atom. The third-order valence-electron chi connectivity index (χ3n) is 11.3. The van der Waals surface area contributed by atoms with Crippen molar-refractivity contribution in [1.82, 2.24) is 4.90 Å². The van der Waals surface area contributed by atoms with Crippen LogP contribution in [0.3, 0.4) is 0 Å². The molecule has 0 aromatic rings. The van der Waals surface area contributed by atoms with Crippen molar-refractivity contribution in [3.05, 3.63) is 0 Å². The standard InChI is InChI=1S/C48H95NO5/c1-6-9-12-15-18-22-28-35-45(36-29-23-19-16-13-10-7-2)54-47(52)38-31-25-21-26-33-40-49(42-43-50)41-34-27-32-39-48(4,5)44-53-46(51)37-30-24-20-17-14-11-8-3/h45,50H,6-44H2,1-5H3. The molecule has 0 bridgehead atoms. The fourth-order valence-electron chi connectivity index (χ4n) is 7.54. The summed E-state index contributed by atoms with van der Waals surface area (Å²) in [7, 11) is 0. The summed E-state index contributed by atoms with van der Waals surface area (Å²) in [5, 5.41) is 9.62. The zero-order valence-corrected chi connectivity index (χ0v) is 37.2. The molecule has 0 atom stereocenters. The van der Waals surface area contributed by atoms with Gasteiger partial charge < -0.3 is 19.5 Å². The molecule has 0 saturated heterocycles. The van der Waals surface area contributed by atoms with Crippen LogP contribution in [0.1, 0.15) is 253 Å². The predicted octanol–water partition coefficient (Wildman–Crippen LogP) is 14.1. The lowest BCUT2D eigenvalue weighted by Crippen LogP contribution is -2.29. The second-order valence-electron chi connectivity index (χ2n) is 17.5. The summed E-state index contributed by atoms with van der Waals surface area (Å²) < 4.78 is 11.7. The summed E-state index contributed by atoms with van der Waals surface area (Å²) in [6, 6.07) is 0. The molecule has 0 spiro atoms. The lowest BCUT2D eigenvalue weighted by Gasteiger charge is -2.25. The van der Waals surface area contributed by atoms with Crippen molar-refractivity contribution >= 4 is 11.9 Å². The minimum atomic E-state index is -0.0365. The first kappa shape index (κ1) is 52.9. The number of hydrogen-bond donors (Lipinski definition) is 1. The van der Waals surface area contributed by atoms with Crippen LogP contribution in [-0.2, 0) is 19.1 Å². The average molecular weight is 766 g/mol.